The molecule has 0 aliphatic carbocycles. The molecule has 0 aliphatic heterocycles. The molecule has 0 bridgehead atoms. The molecule has 0 rings (SSSR count). The molecule has 0 radical (unpaired) electrons. The molecule has 5 heteroatoms. The van der Waals surface area contributed by atoms with Crippen LogP contribution in [0.1, 0.15) is 40.0 Å². The van der Waals surface area contributed by atoms with Crippen molar-refractivity contribution in [2.75, 3.05) is 20.6 Å². The predicted molar refractivity (Wildman–Crippen MR) is 87.8 cm³/mol. The summed E-state index contributed by atoms with van der Waals surface area (Å²) in [7, 11) is 3.78. The van der Waals surface area contributed by atoms with Gasteiger partial charge in [-0.2, -0.15) is 0 Å². The van der Waals surface area contributed by atoms with Gasteiger partial charge in [-0.3, -0.25) is 9.59 Å². The first-order valence-corrected chi connectivity index (χ1v) is 7.56. The minimum atomic E-state index is -1.39. The molecule has 2 N–H and O–H groups in total. The van der Waals surface area contributed by atoms with Crippen molar-refractivity contribution in [3.8, 4) is 0 Å². The summed E-state index contributed by atoms with van der Waals surface area (Å²) in [5.74, 6) is -4.43. The van der Waals surface area contributed by atoms with Crippen molar-refractivity contribution in [1.29, 1.82) is 0 Å². The second-order valence-corrected chi connectivity index (χ2v) is 6.24. The third kappa shape index (κ3) is 8.62. The van der Waals surface area contributed by atoms with Gasteiger partial charge in [-0.1, -0.05) is 23.3 Å². The van der Waals surface area contributed by atoms with Gasteiger partial charge in [0.15, 0.2) is 5.92 Å². The summed E-state index contributed by atoms with van der Waals surface area (Å²) in [5.41, 5.74) is 2.28. The fraction of sp³-hybridized carbons (Fsp3) is 0.647. The largest absolute Gasteiger partial charge is 0.481 e. The van der Waals surface area contributed by atoms with E-state index in [0.717, 1.165) is 18.4 Å². The molecular formula is C17H29NO4. The number of rotatable bonds is 10. The van der Waals surface area contributed by atoms with Crippen molar-refractivity contribution in [3.05, 3.63) is 23.3 Å². The summed E-state index contributed by atoms with van der Waals surface area (Å²) in [5, 5.41) is 18.4. The molecule has 1 atom stereocenters. The first kappa shape index (κ1) is 20.4. The van der Waals surface area contributed by atoms with Gasteiger partial charge < -0.3 is 15.1 Å². The van der Waals surface area contributed by atoms with Crippen LogP contribution in [-0.4, -0.2) is 47.7 Å². The van der Waals surface area contributed by atoms with Crippen LogP contribution in [0, 0.1) is 11.8 Å². The summed E-state index contributed by atoms with van der Waals surface area (Å²) in [6.07, 6.45) is 6.16. The Morgan fingerprint density at radius 1 is 1.09 bits per heavy atom. The average molecular weight is 311 g/mol. The lowest BCUT2D eigenvalue weighted by Crippen LogP contribution is -2.32. The van der Waals surface area contributed by atoms with Gasteiger partial charge in [-0.25, -0.2) is 0 Å². The first-order valence-electron chi connectivity index (χ1n) is 7.56. The fourth-order valence-corrected chi connectivity index (χ4v) is 2.26. The summed E-state index contributed by atoms with van der Waals surface area (Å²) in [6.45, 7) is 6.65. The van der Waals surface area contributed by atoms with Gasteiger partial charge in [0.05, 0.1) is 0 Å². The third-order valence-electron chi connectivity index (χ3n) is 3.46. The SMILES string of the molecule is CC(C)=CCCC(C)=CC(CCN(C)C)C(C(=O)O)C(=O)O. The molecular weight excluding hydrogens is 282 g/mol. The third-order valence-corrected chi connectivity index (χ3v) is 3.46. The molecule has 0 saturated heterocycles. The van der Waals surface area contributed by atoms with Crippen molar-refractivity contribution in [2.45, 2.75) is 40.0 Å². The van der Waals surface area contributed by atoms with E-state index in [1.807, 2.05) is 45.8 Å². The standard InChI is InChI=1S/C17H29NO4/c1-12(2)7-6-8-13(3)11-14(9-10-18(4)5)15(16(19)20)17(21)22/h7,11,14-15H,6,8-10H2,1-5H3,(H,19,20)(H,21,22). The Morgan fingerprint density at radius 2 is 1.64 bits per heavy atom. The molecule has 0 aliphatic rings. The van der Waals surface area contributed by atoms with Gasteiger partial charge in [-0.05, 0) is 60.7 Å². The zero-order valence-corrected chi connectivity index (χ0v) is 14.3. The van der Waals surface area contributed by atoms with Crippen LogP contribution >= 0.6 is 0 Å². The van der Waals surface area contributed by atoms with Crippen molar-refractivity contribution < 1.29 is 19.8 Å². The molecule has 0 aromatic rings. The van der Waals surface area contributed by atoms with E-state index in [2.05, 4.69) is 6.08 Å². The van der Waals surface area contributed by atoms with Crippen LogP contribution in [0.5, 0.6) is 0 Å². The predicted octanol–water partition coefficient (Wildman–Crippen LogP) is 3.03. The van der Waals surface area contributed by atoms with E-state index in [0.29, 0.717) is 13.0 Å². The average Bonchev–Trinajstić information content (AvgIpc) is 2.34. The maximum atomic E-state index is 11.3. The van der Waals surface area contributed by atoms with Crippen molar-refractivity contribution in [3.63, 3.8) is 0 Å². The number of nitrogens with zero attached hydrogens (tertiary/aromatic N) is 1. The summed E-state index contributed by atoms with van der Waals surface area (Å²) < 4.78 is 0. The maximum absolute atomic E-state index is 11.3. The topological polar surface area (TPSA) is 77.8 Å². The number of hydrogen-bond acceptors (Lipinski definition) is 3. The van der Waals surface area contributed by atoms with Crippen molar-refractivity contribution >= 4 is 11.9 Å². The molecule has 0 spiro atoms. The number of allylic oxidation sites excluding steroid dienone is 4. The lowest BCUT2D eigenvalue weighted by atomic mass is 9.87. The molecule has 0 aromatic carbocycles. The number of carboxylic acids is 2. The lowest BCUT2D eigenvalue weighted by molar-refractivity contribution is -0.156. The molecule has 1 unspecified atom stereocenters. The Labute approximate surface area is 133 Å². The van der Waals surface area contributed by atoms with Crippen LogP contribution in [0.25, 0.3) is 0 Å². The Kier molecular flexibility index (Phi) is 9.42. The molecule has 126 valence electrons. The molecule has 5 nitrogen and oxygen atoms in total. The van der Waals surface area contributed by atoms with E-state index in [1.165, 1.54) is 5.57 Å². The number of aliphatic carboxylic acids is 2. The second kappa shape index (κ2) is 10.2. The van der Waals surface area contributed by atoms with Gasteiger partial charge in [0.1, 0.15) is 0 Å². The van der Waals surface area contributed by atoms with E-state index >= 15 is 0 Å². The zero-order valence-electron chi connectivity index (χ0n) is 14.3. The van der Waals surface area contributed by atoms with Crippen molar-refractivity contribution in [2.24, 2.45) is 11.8 Å². The van der Waals surface area contributed by atoms with Crippen molar-refractivity contribution in [1.82, 2.24) is 4.90 Å². The number of carbonyl (C=O) groups is 2. The van der Waals surface area contributed by atoms with E-state index in [4.69, 9.17) is 0 Å². The van der Waals surface area contributed by atoms with Gasteiger partial charge in [0.25, 0.3) is 0 Å². The molecule has 0 heterocycles. The maximum Gasteiger partial charge on any atom is 0.318 e. The quantitative estimate of drug-likeness (QED) is 0.479. The monoisotopic (exact) mass is 311 g/mol. The molecule has 0 saturated carbocycles. The molecule has 0 aromatic heterocycles. The fourth-order valence-electron chi connectivity index (χ4n) is 2.26. The van der Waals surface area contributed by atoms with Crippen LogP contribution in [0.2, 0.25) is 0 Å². The highest BCUT2D eigenvalue weighted by Crippen LogP contribution is 2.22. The summed E-state index contributed by atoms with van der Waals surface area (Å²) in [6, 6.07) is 0. The normalized spacial score (nSPS) is 13.3. The summed E-state index contributed by atoms with van der Waals surface area (Å²) >= 11 is 0. The van der Waals surface area contributed by atoms with E-state index in [-0.39, 0.29) is 0 Å². The highest BCUT2D eigenvalue weighted by Gasteiger charge is 2.33. The van der Waals surface area contributed by atoms with Crippen LogP contribution < -0.4 is 0 Å². The van der Waals surface area contributed by atoms with Gasteiger partial charge in [-0.15, -0.1) is 0 Å². The minimum Gasteiger partial charge on any atom is -0.481 e. The van der Waals surface area contributed by atoms with E-state index < -0.39 is 23.8 Å². The molecule has 0 fully saturated rings. The second-order valence-electron chi connectivity index (χ2n) is 6.24. The Hall–Kier alpha value is -1.62. The van der Waals surface area contributed by atoms with Gasteiger partial charge in [0, 0.05) is 5.92 Å². The number of hydrogen-bond donors (Lipinski definition) is 2. The smallest absolute Gasteiger partial charge is 0.318 e. The first-order chi connectivity index (χ1) is 10.1. The van der Waals surface area contributed by atoms with Crippen LogP contribution in [0.15, 0.2) is 23.3 Å². The molecule has 22 heavy (non-hydrogen) atoms. The summed E-state index contributed by atoms with van der Waals surface area (Å²) in [4.78, 5) is 24.5. The Bertz CT molecular complexity index is 420. The van der Waals surface area contributed by atoms with Crippen LogP contribution in [0.4, 0.5) is 0 Å². The zero-order chi connectivity index (χ0) is 17.3. The van der Waals surface area contributed by atoms with E-state index in [9.17, 15) is 19.8 Å². The number of carboxylic acid groups (broad SMARTS) is 2. The Morgan fingerprint density at radius 3 is 2.05 bits per heavy atom. The Balaban J connectivity index is 5.08. The van der Waals surface area contributed by atoms with Gasteiger partial charge in [0.2, 0.25) is 0 Å². The highest BCUT2D eigenvalue weighted by atomic mass is 16.4. The highest BCUT2D eigenvalue weighted by molar-refractivity contribution is 5.93. The lowest BCUT2D eigenvalue weighted by Gasteiger charge is -2.20. The molecule has 0 amide bonds. The minimum absolute atomic E-state index is 0.496. The van der Waals surface area contributed by atoms with Crippen LogP contribution in [0.3, 0.4) is 0 Å². The van der Waals surface area contributed by atoms with Gasteiger partial charge >= 0.3 is 11.9 Å². The van der Waals surface area contributed by atoms with E-state index in [1.54, 1.807) is 0 Å². The van der Waals surface area contributed by atoms with Crippen LogP contribution in [-0.2, 0) is 9.59 Å².